The van der Waals surface area contributed by atoms with Crippen molar-refractivity contribution in [2.45, 2.75) is 6.92 Å². The van der Waals surface area contributed by atoms with Gasteiger partial charge >= 0.3 is 5.97 Å². The summed E-state index contributed by atoms with van der Waals surface area (Å²) in [6.07, 6.45) is 1.37. The van der Waals surface area contributed by atoms with Gasteiger partial charge < -0.3 is 15.2 Å². The third-order valence-electron chi connectivity index (χ3n) is 3.31. The van der Waals surface area contributed by atoms with Crippen LogP contribution in [0.3, 0.4) is 0 Å². The van der Waals surface area contributed by atoms with Crippen LogP contribution in [0, 0.1) is 6.92 Å². The van der Waals surface area contributed by atoms with Crippen LogP contribution in [0.5, 0.6) is 5.75 Å². The minimum Gasteiger partial charge on any atom is -0.496 e. The predicted molar refractivity (Wildman–Crippen MR) is 87.3 cm³/mol. The van der Waals surface area contributed by atoms with Crippen LogP contribution >= 0.6 is 0 Å². The molecule has 5 nitrogen and oxygen atoms in total. The Morgan fingerprint density at radius 2 is 1.74 bits per heavy atom. The SMILES string of the molecule is COc1ccccc1C=C(NC(=O)c1ccccc1C)C(=O)O. The molecule has 0 unspecified atom stereocenters. The van der Waals surface area contributed by atoms with E-state index in [9.17, 15) is 14.7 Å². The van der Waals surface area contributed by atoms with Gasteiger partial charge in [-0.25, -0.2) is 4.79 Å². The Morgan fingerprint density at radius 3 is 2.39 bits per heavy atom. The van der Waals surface area contributed by atoms with Gasteiger partial charge in [-0.15, -0.1) is 0 Å². The average Bonchev–Trinajstić information content (AvgIpc) is 2.54. The van der Waals surface area contributed by atoms with Crippen molar-refractivity contribution < 1.29 is 19.4 Å². The molecule has 0 fully saturated rings. The number of benzene rings is 2. The number of ether oxygens (including phenoxy) is 1. The number of aryl methyl sites for hydroxylation is 1. The van der Waals surface area contributed by atoms with Gasteiger partial charge in [0.25, 0.3) is 5.91 Å². The van der Waals surface area contributed by atoms with Crippen molar-refractivity contribution >= 4 is 18.0 Å². The first-order valence-corrected chi connectivity index (χ1v) is 6.98. The number of para-hydroxylation sites is 1. The Hall–Kier alpha value is -3.08. The molecule has 0 aliphatic heterocycles. The lowest BCUT2D eigenvalue weighted by molar-refractivity contribution is -0.132. The van der Waals surface area contributed by atoms with Crippen molar-refractivity contribution in [3.8, 4) is 5.75 Å². The fraction of sp³-hybridized carbons (Fsp3) is 0.111. The lowest BCUT2D eigenvalue weighted by Gasteiger charge is -2.09. The molecule has 23 heavy (non-hydrogen) atoms. The second-order valence-electron chi connectivity index (χ2n) is 4.87. The molecular formula is C18H17NO4. The van der Waals surface area contributed by atoms with Crippen LogP contribution in [0.15, 0.2) is 54.2 Å². The van der Waals surface area contributed by atoms with Crippen molar-refractivity contribution in [1.29, 1.82) is 0 Å². The van der Waals surface area contributed by atoms with E-state index in [1.165, 1.54) is 13.2 Å². The van der Waals surface area contributed by atoms with Gasteiger partial charge in [-0.3, -0.25) is 4.79 Å². The number of carbonyl (C=O) groups is 2. The highest BCUT2D eigenvalue weighted by Gasteiger charge is 2.15. The summed E-state index contributed by atoms with van der Waals surface area (Å²) in [5.41, 5.74) is 1.55. The number of amides is 1. The summed E-state index contributed by atoms with van der Waals surface area (Å²) in [6.45, 7) is 1.79. The maximum Gasteiger partial charge on any atom is 0.352 e. The van der Waals surface area contributed by atoms with Gasteiger partial charge in [-0.1, -0.05) is 36.4 Å². The van der Waals surface area contributed by atoms with Crippen LogP contribution in [0.1, 0.15) is 21.5 Å². The van der Waals surface area contributed by atoms with E-state index in [0.717, 1.165) is 5.56 Å². The van der Waals surface area contributed by atoms with E-state index < -0.39 is 11.9 Å². The van der Waals surface area contributed by atoms with Crippen molar-refractivity contribution in [3.63, 3.8) is 0 Å². The van der Waals surface area contributed by atoms with E-state index >= 15 is 0 Å². The largest absolute Gasteiger partial charge is 0.496 e. The first kappa shape index (κ1) is 16.3. The van der Waals surface area contributed by atoms with Crippen LogP contribution in [0.25, 0.3) is 6.08 Å². The highest BCUT2D eigenvalue weighted by molar-refractivity contribution is 6.03. The van der Waals surface area contributed by atoms with Gasteiger partial charge in [0.15, 0.2) is 0 Å². The van der Waals surface area contributed by atoms with Crippen molar-refractivity contribution in [3.05, 3.63) is 70.9 Å². The third-order valence-corrected chi connectivity index (χ3v) is 3.31. The number of methoxy groups -OCH3 is 1. The summed E-state index contributed by atoms with van der Waals surface area (Å²) in [6, 6.07) is 13.9. The molecule has 0 atom stereocenters. The lowest BCUT2D eigenvalue weighted by Crippen LogP contribution is -2.27. The van der Waals surface area contributed by atoms with E-state index in [1.807, 2.05) is 6.07 Å². The number of rotatable bonds is 5. The summed E-state index contributed by atoms with van der Waals surface area (Å²) in [4.78, 5) is 23.7. The Morgan fingerprint density at radius 1 is 1.09 bits per heavy atom. The van der Waals surface area contributed by atoms with Crippen LogP contribution in [0.4, 0.5) is 0 Å². The number of nitrogens with one attached hydrogen (secondary N) is 1. The van der Waals surface area contributed by atoms with E-state index in [2.05, 4.69) is 5.32 Å². The molecule has 2 N–H and O–H groups in total. The molecule has 0 heterocycles. The number of aliphatic carboxylic acids is 1. The van der Waals surface area contributed by atoms with Crippen molar-refractivity contribution in [2.24, 2.45) is 0 Å². The van der Waals surface area contributed by atoms with Crippen molar-refractivity contribution in [1.82, 2.24) is 5.32 Å². The number of carboxylic acid groups (broad SMARTS) is 1. The zero-order valence-corrected chi connectivity index (χ0v) is 12.9. The zero-order valence-electron chi connectivity index (χ0n) is 12.9. The molecule has 0 spiro atoms. The minimum atomic E-state index is -1.22. The maximum atomic E-state index is 12.3. The number of carbonyl (C=O) groups excluding carboxylic acids is 1. The molecule has 2 rings (SSSR count). The van der Waals surface area contributed by atoms with Gasteiger partial charge in [-0.05, 0) is 30.7 Å². The monoisotopic (exact) mass is 311 g/mol. The van der Waals surface area contributed by atoms with Gasteiger partial charge in [0, 0.05) is 11.1 Å². The number of hydrogen-bond donors (Lipinski definition) is 2. The highest BCUT2D eigenvalue weighted by Crippen LogP contribution is 2.20. The molecule has 118 valence electrons. The van der Waals surface area contributed by atoms with E-state index in [1.54, 1.807) is 49.4 Å². The molecule has 5 heteroatoms. The van der Waals surface area contributed by atoms with Crippen LogP contribution in [-0.4, -0.2) is 24.1 Å². The second-order valence-corrected chi connectivity index (χ2v) is 4.87. The molecule has 1 amide bonds. The highest BCUT2D eigenvalue weighted by atomic mass is 16.5. The van der Waals surface area contributed by atoms with Crippen LogP contribution in [0.2, 0.25) is 0 Å². The molecule has 0 saturated heterocycles. The first-order valence-electron chi connectivity index (χ1n) is 6.98. The zero-order chi connectivity index (χ0) is 16.8. The molecule has 0 aliphatic rings. The minimum absolute atomic E-state index is 0.220. The van der Waals surface area contributed by atoms with Gasteiger partial charge in [0.2, 0.25) is 0 Å². The molecule has 0 saturated carbocycles. The normalized spacial score (nSPS) is 11.0. The van der Waals surface area contributed by atoms with Crippen LogP contribution < -0.4 is 10.1 Å². The van der Waals surface area contributed by atoms with E-state index in [4.69, 9.17) is 4.74 Å². The number of hydrogen-bond acceptors (Lipinski definition) is 3. The Balaban J connectivity index is 2.33. The molecule has 2 aromatic carbocycles. The third kappa shape index (κ3) is 3.97. The molecule has 0 radical (unpaired) electrons. The van der Waals surface area contributed by atoms with E-state index in [-0.39, 0.29) is 5.70 Å². The Labute approximate surface area is 134 Å². The molecule has 0 bridgehead atoms. The molecule has 0 aromatic heterocycles. The fourth-order valence-electron chi connectivity index (χ4n) is 2.11. The Kier molecular flexibility index (Phi) is 5.15. The standard InChI is InChI=1S/C18H17NO4/c1-12-7-3-5-9-14(12)17(20)19-15(18(21)22)11-13-8-4-6-10-16(13)23-2/h3-11H,1-2H3,(H,19,20)(H,21,22). The van der Waals surface area contributed by atoms with E-state index in [0.29, 0.717) is 16.9 Å². The molecule has 2 aromatic rings. The average molecular weight is 311 g/mol. The second kappa shape index (κ2) is 7.26. The Bertz CT molecular complexity index is 765. The molecule has 0 aliphatic carbocycles. The predicted octanol–water partition coefficient (Wildman–Crippen LogP) is 2.86. The fourth-order valence-corrected chi connectivity index (χ4v) is 2.11. The van der Waals surface area contributed by atoms with Crippen LogP contribution in [-0.2, 0) is 4.79 Å². The molecular weight excluding hydrogens is 294 g/mol. The smallest absolute Gasteiger partial charge is 0.352 e. The topological polar surface area (TPSA) is 75.6 Å². The summed E-state index contributed by atoms with van der Waals surface area (Å²) in [5.74, 6) is -1.17. The summed E-state index contributed by atoms with van der Waals surface area (Å²) in [7, 11) is 1.50. The lowest BCUT2D eigenvalue weighted by atomic mass is 10.1. The number of carboxylic acids is 1. The summed E-state index contributed by atoms with van der Waals surface area (Å²) in [5, 5.41) is 11.8. The summed E-state index contributed by atoms with van der Waals surface area (Å²) >= 11 is 0. The first-order chi connectivity index (χ1) is 11.0. The maximum absolute atomic E-state index is 12.3. The summed E-state index contributed by atoms with van der Waals surface area (Å²) < 4.78 is 5.18. The van der Waals surface area contributed by atoms with Gasteiger partial charge in [-0.2, -0.15) is 0 Å². The van der Waals surface area contributed by atoms with Crippen molar-refractivity contribution in [2.75, 3.05) is 7.11 Å². The quantitative estimate of drug-likeness (QED) is 0.833. The van der Waals surface area contributed by atoms with Gasteiger partial charge in [0.1, 0.15) is 11.4 Å². The van der Waals surface area contributed by atoms with Gasteiger partial charge in [0.05, 0.1) is 7.11 Å².